The van der Waals surface area contributed by atoms with E-state index in [4.69, 9.17) is 5.73 Å². The molecule has 1 aliphatic carbocycles. The quantitative estimate of drug-likeness (QED) is 0.429. The molecule has 0 spiro atoms. The first-order chi connectivity index (χ1) is 8.90. The molecule has 19 heavy (non-hydrogen) atoms. The Morgan fingerprint density at radius 2 is 1.84 bits per heavy atom. The van der Waals surface area contributed by atoms with E-state index in [0.717, 1.165) is 12.8 Å². The predicted molar refractivity (Wildman–Crippen MR) is 70.0 cm³/mol. The van der Waals surface area contributed by atoms with Gasteiger partial charge in [0, 0.05) is 6.04 Å². The fourth-order valence-electron chi connectivity index (χ4n) is 1.57. The number of rotatable bonds is 8. The summed E-state index contributed by atoms with van der Waals surface area (Å²) >= 11 is 0. The van der Waals surface area contributed by atoms with Gasteiger partial charge in [-0.25, -0.2) is 0 Å². The lowest BCUT2D eigenvalue weighted by molar-refractivity contribution is -0.130. The number of nitrogens with one attached hydrogen (secondary N) is 3. The molecule has 0 saturated heterocycles. The van der Waals surface area contributed by atoms with E-state index in [1.165, 1.54) is 0 Å². The van der Waals surface area contributed by atoms with E-state index < -0.39 is 17.9 Å². The van der Waals surface area contributed by atoms with Crippen LogP contribution in [0.15, 0.2) is 0 Å². The van der Waals surface area contributed by atoms with Gasteiger partial charge in [0.2, 0.25) is 17.7 Å². The van der Waals surface area contributed by atoms with Crippen molar-refractivity contribution in [3.63, 3.8) is 0 Å². The van der Waals surface area contributed by atoms with Gasteiger partial charge in [0.25, 0.3) is 0 Å². The molecule has 0 unspecified atom stereocenters. The second-order valence-electron chi connectivity index (χ2n) is 5.13. The zero-order chi connectivity index (χ0) is 14.4. The molecule has 1 aliphatic rings. The van der Waals surface area contributed by atoms with Crippen molar-refractivity contribution in [2.24, 2.45) is 11.7 Å². The number of hydrogen-bond donors (Lipinski definition) is 4. The zero-order valence-electron chi connectivity index (χ0n) is 11.4. The highest BCUT2D eigenvalue weighted by atomic mass is 16.2. The lowest BCUT2D eigenvalue weighted by Crippen LogP contribution is -2.52. The molecule has 0 aliphatic heterocycles. The Balaban J connectivity index is 2.38. The van der Waals surface area contributed by atoms with E-state index in [0.29, 0.717) is 6.04 Å². The van der Waals surface area contributed by atoms with Crippen molar-refractivity contribution in [2.75, 3.05) is 13.1 Å². The average Bonchev–Trinajstić information content (AvgIpc) is 3.14. The molecular weight excluding hydrogens is 248 g/mol. The molecule has 0 heterocycles. The predicted octanol–water partition coefficient (Wildman–Crippen LogP) is -1.52. The van der Waals surface area contributed by atoms with Crippen molar-refractivity contribution in [1.82, 2.24) is 16.0 Å². The van der Waals surface area contributed by atoms with Crippen LogP contribution < -0.4 is 21.7 Å². The Kier molecular flexibility index (Phi) is 5.75. The first-order valence-corrected chi connectivity index (χ1v) is 6.49. The first kappa shape index (κ1) is 15.4. The number of amides is 3. The average molecular weight is 270 g/mol. The molecule has 7 nitrogen and oxygen atoms in total. The minimum absolute atomic E-state index is 0.0715. The van der Waals surface area contributed by atoms with Gasteiger partial charge in [-0.05, 0) is 18.8 Å². The van der Waals surface area contributed by atoms with Crippen molar-refractivity contribution in [3.8, 4) is 0 Å². The fraction of sp³-hybridized carbons (Fsp3) is 0.750. The molecule has 0 aromatic heterocycles. The maximum absolute atomic E-state index is 11.8. The highest BCUT2D eigenvalue weighted by Gasteiger charge is 2.25. The molecule has 1 rings (SSSR count). The third-order valence-corrected chi connectivity index (χ3v) is 2.83. The minimum Gasteiger partial charge on any atom is -0.368 e. The SMILES string of the molecule is CC(C)[C@@H](NC(=O)CNC1CC1)C(=O)NCC(N)=O. The molecule has 0 radical (unpaired) electrons. The van der Waals surface area contributed by atoms with Crippen LogP contribution in [0, 0.1) is 5.92 Å². The van der Waals surface area contributed by atoms with E-state index in [9.17, 15) is 14.4 Å². The highest BCUT2D eigenvalue weighted by Crippen LogP contribution is 2.17. The van der Waals surface area contributed by atoms with Crippen LogP contribution >= 0.6 is 0 Å². The van der Waals surface area contributed by atoms with Crippen molar-refractivity contribution < 1.29 is 14.4 Å². The summed E-state index contributed by atoms with van der Waals surface area (Å²) in [5.41, 5.74) is 4.96. The van der Waals surface area contributed by atoms with Crippen LogP contribution in [0.3, 0.4) is 0 Å². The van der Waals surface area contributed by atoms with Gasteiger partial charge < -0.3 is 21.7 Å². The van der Waals surface area contributed by atoms with E-state index in [2.05, 4.69) is 16.0 Å². The minimum atomic E-state index is -0.659. The second-order valence-corrected chi connectivity index (χ2v) is 5.13. The van der Waals surface area contributed by atoms with Gasteiger partial charge in [-0.2, -0.15) is 0 Å². The third kappa shape index (κ3) is 6.19. The Morgan fingerprint density at radius 1 is 1.21 bits per heavy atom. The van der Waals surface area contributed by atoms with E-state index in [-0.39, 0.29) is 24.9 Å². The number of carbonyl (C=O) groups excluding carboxylic acids is 3. The van der Waals surface area contributed by atoms with Crippen molar-refractivity contribution >= 4 is 17.7 Å². The van der Waals surface area contributed by atoms with E-state index >= 15 is 0 Å². The van der Waals surface area contributed by atoms with Crippen LogP contribution in [0.2, 0.25) is 0 Å². The molecular formula is C12H22N4O3. The lowest BCUT2D eigenvalue weighted by Gasteiger charge is -2.21. The van der Waals surface area contributed by atoms with Gasteiger partial charge in [-0.1, -0.05) is 13.8 Å². The van der Waals surface area contributed by atoms with Crippen LogP contribution in [0.4, 0.5) is 0 Å². The molecule has 1 saturated carbocycles. The molecule has 1 fully saturated rings. The standard InChI is InChI=1S/C12H22N4O3/c1-7(2)11(12(19)15-5-9(13)17)16-10(18)6-14-8-3-4-8/h7-8,11,14H,3-6H2,1-2H3,(H2,13,17)(H,15,19)(H,16,18)/t11-/m1/s1. The summed E-state index contributed by atoms with van der Waals surface area (Å²) in [6, 6.07) is -0.222. The summed E-state index contributed by atoms with van der Waals surface area (Å²) in [4.78, 5) is 34.1. The Bertz CT molecular complexity index is 353. The van der Waals surface area contributed by atoms with Crippen LogP contribution in [-0.4, -0.2) is 42.9 Å². The van der Waals surface area contributed by atoms with Crippen molar-refractivity contribution in [1.29, 1.82) is 0 Å². The monoisotopic (exact) mass is 270 g/mol. The van der Waals surface area contributed by atoms with Crippen LogP contribution in [-0.2, 0) is 14.4 Å². The summed E-state index contributed by atoms with van der Waals surface area (Å²) in [5.74, 6) is -1.30. The molecule has 0 bridgehead atoms. The molecule has 0 aromatic carbocycles. The molecule has 7 heteroatoms. The maximum Gasteiger partial charge on any atom is 0.243 e. The van der Waals surface area contributed by atoms with Crippen LogP contribution in [0.25, 0.3) is 0 Å². The number of primary amides is 1. The van der Waals surface area contributed by atoms with Crippen LogP contribution in [0.5, 0.6) is 0 Å². The summed E-state index contributed by atoms with van der Waals surface area (Å²) in [6.45, 7) is 3.63. The topological polar surface area (TPSA) is 113 Å². The normalized spacial score (nSPS) is 15.9. The Labute approximate surface area is 112 Å². The molecule has 108 valence electrons. The Morgan fingerprint density at radius 3 is 2.32 bits per heavy atom. The van der Waals surface area contributed by atoms with Gasteiger partial charge >= 0.3 is 0 Å². The van der Waals surface area contributed by atoms with Gasteiger partial charge in [-0.3, -0.25) is 14.4 Å². The maximum atomic E-state index is 11.8. The van der Waals surface area contributed by atoms with Crippen molar-refractivity contribution in [3.05, 3.63) is 0 Å². The van der Waals surface area contributed by atoms with E-state index in [1.807, 2.05) is 13.8 Å². The largest absolute Gasteiger partial charge is 0.368 e. The summed E-state index contributed by atoms with van der Waals surface area (Å²) < 4.78 is 0. The first-order valence-electron chi connectivity index (χ1n) is 6.49. The van der Waals surface area contributed by atoms with Gasteiger partial charge in [0.05, 0.1) is 13.1 Å². The summed E-state index contributed by atoms with van der Waals surface area (Å²) in [5, 5.41) is 8.13. The molecule has 0 aromatic rings. The second kappa shape index (κ2) is 7.08. The summed E-state index contributed by atoms with van der Waals surface area (Å²) in [7, 11) is 0. The highest BCUT2D eigenvalue weighted by molar-refractivity contribution is 5.90. The third-order valence-electron chi connectivity index (χ3n) is 2.83. The van der Waals surface area contributed by atoms with Crippen LogP contribution in [0.1, 0.15) is 26.7 Å². The van der Waals surface area contributed by atoms with Crippen molar-refractivity contribution in [2.45, 2.75) is 38.8 Å². The molecule has 3 amide bonds. The number of carbonyl (C=O) groups is 3. The van der Waals surface area contributed by atoms with E-state index in [1.54, 1.807) is 0 Å². The lowest BCUT2D eigenvalue weighted by atomic mass is 10.0. The molecule has 5 N–H and O–H groups in total. The van der Waals surface area contributed by atoms with Gasteiger partial charge in [0.15, 0.2) is 0 Å². The Hall–Kier alpha value is -1.63. The number of hydrogen-bond acceptors (Lipinski definition) is 4. The summed E-state index contributed by atoms with van der Waals surface area (Å²) in [6.07, 6.45) is 2.19. The van der Waals surface area contributed by atoms with Gasteiger partial charge in [-0.15, -0.1) is 0 Å². The fourth-order valence-corrected chi connectivity index (χ4v) is 1.57. The molecule has 1 atom stereocenters. The zero-order valence-corrected chi connectivity index (χ0v) is 11.4. The smallest absolute Gasteiger partial charge is 0.243 e. The number of nitrogens with two attached hydrogens (primary N) is 1. The van der Waals surface area contributed by atoms with Gasteiger partial charge in [0.1, 0.15) is 6.04 Å².